The molecule has 1 saturated carbocycles. The number of carboxylic acids is 1. The van der Waals surface area contributed by atoms with Gasteiger partial charge in [-0.25, -0.2) is 0 Å². The van der Waals surface area contributed by atoms with Crippen molar-refractivity contribution in [2.45, 2.75) is 44.6 Å². The average Bonchev–Trinajstić information content (AvgIpc) is 3.30. The summed E-state index contributed by atoms with van der Waals surface area (Å²) in [6, 6.07) is 4.58. The van der Waals surface area contributed by atoms with Crippen LogP contribution in [0.5, 0.6) is 11.5 Å². The van der Waals surface area contributed by atoms with Gasteiger partial charge < -0.3 is 19.7 Å². The van der Waals surface area contributed by atoms with E-state index in [0.29, 0.717) is 31.8 Å². The van der Waals surface area contributed by atoms with Gasteiger partial charge in [-0.3, -0.25) is 9.69 Å². The predicted molar refractivity (Wildman–Crippen MR) is 86.0 cm³/mol. The molecule has 0 spiro atoms. The molecular weight excluding hydrogens is 348 g/mol. The highest BCUT2D eigenvalue weighted by Crippen LogP contribution is 2.46. The predicted octanol–water partition coefficient (Wildman–Crippen LogP) is 2.45. The van der Waals surface area contributed by atoms with Crippen LogP contribution in [0.2, 0.25) is 0 Å². The molecule has 26 heavy (non-hydrogen) atoms. The zero-order chi connectivity index (χ0) is 18.5. The van der Waals surface area contributed by atoms with Crippen LogP contribution >= 0.6 is 0 Å². The van der Waals surface area contributed by atoms with Crippen molar-refractivity contribution in [2.24, 2.45) is 11.3 Å². The number of halogens is 2. The standard InChI is InChI=1S/C18H21F2NO5/c19-18(20)25-13-4-3-12(7-14(13)26-18)9-21-6-5-15(22)17(10-21,16(23)24)8-11-1-2-11/h3-4,7,11,15,22H,1-2,5-6,8-10H2,(H,23,24)/t15-,17+/m0/s1. The molecule has 2 atom stereocenters. The maximum absolute atomic E-state index is 13.1. The summed E-state index contributed by atoms with van der Waals surface area (Å²) >= 11 is 0. The lowest BCUT2D eigenvalue weighted by Gasteiger charge is -2.43. The number of hydrogen-bond acceptors (Lipinski definition) is 5. The maximum atomic E-state index is 13.1. The number of likely N-dealkylation sites (tertiary alicyclic amines) is 1. The van der Waals surface area contributed by atoms with Crippen molar-refractivity contribution in [1.82, 2.24) is 4.90 Å². The number of aliphatic hydroxyl groups is 1. The van der Waals surface area contributed by atoms with E-state index >= 15 is 0 Å². The molecular formula is C18H21F2NO5. The normalized spacial score (nSPS) is 30.3. The molecule has 0 bridgehead atoms. The average molecular weight is 369 g/mol. The fourth-order valence-electron chi connectivity index (χ4n) is 3.98. The van der Waals surface area contributed by atoms with Crippen molar-refractivity contribution < 1.29 is 33.3 Å². The van der Waals surface area contributed by atoms with Crippen molar-refractivity contribution in [3.8, 4) is 11.5 Å². The molecule has 0 aromatic heterocycles. The minimum absolute atomic E-state index is 0.0126. The monoisotopic (exact) mass is 369 g/mol. The summed E-state index contributed by atoms with van der Waals surface area (Å²) in [5.74, 6) is -0.631. The lowest BCUT2D eigenvalue weighted by Crippen LogP contribution is -2.55. The molecule has 1 saturated heterocycles. The molecule has 1 aromatic rings. The lowest BCUT2D eigenvalue weighted by molar-refractivity contribution is -0.286. The number of nitrogens with zero attached hydrogens (tertiary/aromatic N) is 1. The summed E-state index contributed by atoms with van der Waals surface area (Å²) in [4.78, 5) is 13.9. The third-order valence-electron chi connectivity index (χ3n) is 5.51. The van der Waals surface area contributed by atoms with Crippen molar-refractivity contribution in [1.29, 1.82) is 0 Å². The molecule has 2 N–H and O–H groups in total. The minimum Gasteiger partial charge on any atom is -0.481 e. The van der Waals surface area contributed by atoms with E-state index in [1.807, 2.05) is 4.90 Å². The quantitative estimate of drug-likeness (QED) is 0.830. The molecule has 142 valence electrons. The third kappa shape index (κ3) is 3.23. The van der Waals surface area contributed by atoms with Gasteiger partial charge in [0.25, 0.3) is 0 Å². The maximum Gasteiger partial charge on any atom is 0.586 e. The summed E-state index contributed by atoms with van der Waals surface area (Å²) in [6.07, 6.45) is -1.64. The van der Waals surface area contributed by atoms with E-state index < -0.39 is 23.8 Å². The zero-order valence-corrected chi connectivity index (χ0v) is 14.2. The van der Waals surface area contributed by atoms with Crippen LogP contribution < -0.4 is 9.47 Å². The van der Waals surface area contributed by atoms with Crippen LogP contribution in [0.4, 0.5) is 8.78 Å². The number of ether oxygens (including phenoxy) is 2. The summed E-state index contributed by atoms with van der Waals surface area (Å²) < 4.78 is 35.1. The van der Waals surface area contributed by atoms with Crippen LogP contribution in [0.3, 0.4) is 0 Å². The van der Waals surface area contributed by atoms with Crippen molar-refractivity contribution in [3.05, 3.63) is 23.8 Å². The molecule has 6 nitrogen and oxygen atoms in total. The fourth-order valence-corrected chi connectivity index (χ4v) is 3.98. The van der Waals surface area contributed by atoms with Crippen molar-refractivity contribution in [3.63, 3.8) is 0 Å². The number of piperidine rings is 1. The number of benzene rings is 1. The van der Waals surface area contributed by atoms with E-state index in [1.165, 1.54) is 12.1 Å². The van der Waals surface area contributed by atoms with Gasteiger partial charge >= 0.3 is 12.3 Å². The molecule has 3 aliphatic rings. The Hall–Kier alpha value is -1.93. The number of alkyl halides is 2. The molecule has 8 heteroatoms. The first-order valence-corrected chi connectivity index (χ1v) is 8.80. The van der Waals surface area contributed by atoms with Crippen LogP contribution in [0.25, 0.3) is 0 Å². The van der Waals surface area contributed by atoms with Gasteiger partial charge in [0.05, 0.1) is 6.10 Å². The molecule has 2 fully saturated rings. The Morgan fingerprint density at radius 2 is 1.96 bits per heavy atom. The Morgan fingerprint density at radius 1 is 1.23 bits per heavy atom. The number of rotatable bonds is 5. The Balaban J connectivity index is 1.49. The highest BCUT2D eigenvalue weighted by molar-refractivity contribution is 5.76. The topological polar surface area (TPSA) is 79.2 Å². The van der Waals surface area contributed by atoms with E-state index in [1.54, 1.807) is 6.07 Å². The number of aliphatic hydroxyl groups excluding tert-OH is 1. The van der Waals surface area contributed by atoms with Crippen molar-refractivity contribution in [2.75, 3.05) is 13.1 Å². The second-order valence-corrected chi connectivity index (χ2v) is 7.57. The van der Waals surface area contributed by atoms with Crippen molar-refractivity contribution >= 4 is 5.97 Å². The largest absolute Gasteiger partial charge is 0.586 e. The summed E-state index contributed by atoms with van der Waals surface area (Å²) in [6.45, 7) is 1.19. The van der Waals surface area contributed by atoms with Crippen LogP contribution in [-0.2, 0) is 11.3 Å². The molecule has 2 aliphatic heterocycles. The highest BCUT2D eigenvalue weighted by Gasteiger charge is 2.51. The van der Waals surface area contributed by atoms with Crippen LogP contribution in [0.1, 0.15) is 31.2 Å². The van der Waals surface area contributed by atoms with Gasteiger partial charge in [-0.05, 0) is 36.5 Å². The third-order valence-corrected chi connectivity index (χ3v) is 5.51. The van der Waals surface area contributed by atoms with E-state index in [2.05, 4.69) is 9.47 Å². The Bertz CT molecular complexity index is 724. The molecule has 0 unspecified atom stereocenters. The number of fused-ring (bicyclic) bond motifs is 1. The van der Waals surface area contributed by atoms with Gasteiger partial charge in [-0.1, -0.05) is 18.9 Å². The van der Waals surface area contributed by atoms with Gasteiger partial charge in [0.2, 0.25) is 0 Å². The molecule has 0 amide bonds. The summed E-state index contributed by atoms with van der Waals surface area (Å²) in [5, 5.41) is 20.2. The summed E-state index contributed by atoms with van der Waals surface area (Å²) in [5.41, 5.74) is -0.435. The first kappa shape index (κ1) is 17.5. The Morgan fingerprint density at radius 3 is 2.65 bits per heavy atom. The SMILES string of the molecule is O=C(O)[C@]1(CC2CC2)CN(Cc2ccc3c(c2)OC(F)(F)O3)CC[C@@H]1O. The van der Waals surface area contributed by atoms with Gasteiger partial charge in [0.15, 0.2) is 11.5 Å². The summed E-state index contributed by atoms with van der Waals surface area (Å²) in [7, 11) is 0. The molecule has 2 heterocycles. The number of carbonyl (C=O) groups is 1. The molecule has 1 aliphatic carbocycles. The minimum atomic E-state index is -3.65. The Kier molecular flexibility index (Phi) is 4.07. The van der Waals surface area contributed by atoms with Crippen LogP contribution in [0.15, 0.2) is 18.2 Å². The van der Waals surface area contributed by atoms with Crippen LogP contribution in [0, 0.1) is 11.3 Å². The first-order chi connectivity index (χ1) is 12.3. The van der Waals surface area contributed by atoms with E-state index in [4.69, 9.17) is 0 Å². The van der Waals surface area contributed by atoms with Gasteiger partial charge in [-0.2, -0.15) is 0 Å². The Labute approximate surface area is 149 Å². The molecule has 4 rings (SSSR count). The zero-order valence-electron chi connectivity index (χ0n) is 14.2. The van der Waals surface area contributed by atoms with Crippen LogP contribution in [-0.4, -0.2) is 46.6 Å². The number of carboxylic acid groups (broad SMARTS) is 1. The first-order valence-electron chi connectivity index (χ1n) is 8.80. The fraction of sp³-hybridized carbons (Fsp3) is 0.611. The van der Waals surface area contributed by atoms with Gasteiger partial charge in [0, 0.05) is 19.6 Å². The highest BCUT2D eigenvalue weighted by atomic mass is 19.3. The van der Waals surface area contributed by atoms with Gasteiger partial charge in [-0.15, -0.1) is 8.78 Å². The number of hydrogen-bond donors (Lipinski definition) is 2. The molecule has 0 radical (unpaired) electrons. The van der Waals surface area contributed by atoms with E-state index in [-0.39, 0.29) is 18.0 Å². The second kappa shape index (κ2) is 6.06. The second-order valence-electron chi connectivity index (χ2n) is 7.57. The van der Waals surface area contributed by atoms with E-state index in [0.717, 1.165) is 18.4 Å². The number of aliphatic carboxylic acids is 1. The van der Waals surface area contributed by atoms with Gasteiger partial charge in [0.1, 0.15) is 5.41 Å². The smallest absolute Gasteiger partial charge is 0.481 e. The lowest BCUT2D eigenvalue weighted by atomic mass is 9.73. The van der Waals surface area contributed by atoms with E-state index in [9.17, 15) is 23.8 Å². The molecule has 1 aromatic carbocycles.